The first-order chi connectivity index (χ1) is 10.7. The van der Waals surface area contributed by atoms with Crippen LogP contribution in [0.25, 0.3) is 11.1 Å². The Bertz CT molecular complexity index is 830. The summed E-state index contributed by atoms with van der Waals surface area (Å²) in [4.78, 5) is 10.8. The van der Waals surface area contributed by atoms with Gasteiger partial charge in [-0.2, -0.15) is 4.72 Å². The Hall–Kier alpha value is -2.38. The van der Waals surface area contributed by atoms with Crippen LogP contribution in [-0.2, 0) is 14.8 Å². The van der Waals surface area contributed by atoms with Crippen LogP contribution in [0.5, 0.6) is 0 Å². The van der Waals surface area contributed by atoms with E-state index in [0.717, 1.165) is 16.7 Å². The molecule has 0 saturated carbocycles. The summed E-state index contributed by atoms with van der Waals surface area (Å²) in [5, 5.41) is 8.79. The molecule has 2 rings (SSSR count). The third-order valence-corrected chi connectivity index (χ3v) is 5.04. The fourth-order valence-electron chi connectivity index (χ4n) is 2.00. The highest BCUT2D eigenvalue weighted by Gasteiger charge is 2.21. The molecule has 0 aromatic heterocycles. The monoisotopic (exact) mass is 334 g/mol. The maximum atomic E-state index is 12.1. The average Bonchev–Trinajstić information content (AvgIpc) is 2.49. The van der Waals surface area contributed by atoms with E-state index in [1.165, 1.54) is 19.1 Å². The molecule has 0 heterocycles. The van der Waals surface area contributed by atoms with E-state index >= 15 is 0 Å². The summed E-state index contributed by atoms with van der Waals surface area (Å²) in [6.45, 7) is 3.17. The quantitative estimate of drug-likeness (QED) is 0.725. The van der Waals surface area contributed by atoms with Crippen molar-refractivity contribution in [2.45, 2.75) is 24.8 Å². The molecule has 2 aromatic carbocycles. The fourth-order valence-corrected chi connectivity index (χ4v) is 3.19. The molecular formula is C16H18N2O4S. The third kappa shape index (κ3) is 3.88. The second-order valence-electron chi connectivity index (χ2n) is 5.28. The number of carbonyl (C=O) groups is 1. The second kappa shape index (κ2) is 6.39. The van der Waals surface area contributed by atoms with E-state index in [9.17, 15) is 13.2 Å². The minimum Gasteiger partial charge on any atom is -0.480 e. The summed E-state index contributed by atoms with van der Waals surface area (Å²) in [6.07, 6.45) is 0. The van der Waals surface area contributed by atoms with Crippen LogP contribution >= 0.6 is 0 Å². The number of aryl methyl sites for hydroxylation is 1. The summed E-state index contributed by atoms with van der Waals surface area (Å²) >= 11 is 0. The number of sulfonamides is 1. The Morgan fingerprint density at radius 2 is 1.70 bits per heavy atom. The summed E-state index contributed by atoms with van der Waals surface area (Å²) < 4.78 is 26.3. The van der Waals surface area contributed by atoms with Gasteiger partial charge in [-0.25, -0.2) is 8.42 Å². The Kier molecular flexibility index (Phi) is 4.72. The van der Waals surface area contributed by atoms with E-state index in [0.29, 0.717) is 5.69 Å². The molecule has 1 atom stereocenters. The standard InChI is InChI=1S/C16H18N2O4S/c1-10-3-4-13(9-15(10)17)12-5-7-14(8-6-12)23(21,22)18-11(2)16(19)20/h3-9,11,18H,17H2,1-2H3,(H,19,20). The van der Waals surface area contributed by atoms with Crippen LogP contribution in [0.3, 0.4) is 0 Å². The van der Waals surface area contributed by atoms with E-state index in [1.807, 2.05) is 25.1 Å². The van der Waals surface area contributed by atoms with Crippen LogP contribution in [0, 0.1) is 6.92 Å². The van der Waals surface area contributed by atoms with Gasteiger partial charge in [0.15, 0.2) is 0 Å². The lowest BCUT2D eigenvalue weighted by molar-refractivity contribution is -0.138. The highest BCUT2D eigenvalue weighted by Crippen LogP contribution is 2.25. The molecule has 0 aliphatic heterocycles. The molecule has 23 heavy (non-hydrogen) atoms. The van der Waals surface area contributed by atoms with Crippen LogP contribution in [0.15, 0.2) is 47.4 Å². The first-order valence-corrected chi connectivity index (χ1v) is 8.41. The number of hydrogen-bond donors (Lipinski definition) is 3. The summed E-state index contributed by atoms with van der Waals surface area (Å²) in [5.41, 5.74) is 9.21. The lowest BCUT2D eigenvalue weighted by atomic mass is 10.0. The number of nitrogens with one attached hydrogen (secondary N) is 1. The van der Waals surface area contributed by atoms with Crippen molar-refractivity contribution in [2.75, 3.05) is 5.73 Å². The van der Waals surface area contributed by atoms with Gasteiger partial charge in [-0.15, -0.1) is 0 Å². The molecule has 0 aliphatic rings. The Morgan fingerprint density at radius 1 is 1.13 bits per heavy atom. The van der Waals surface area contributed by atoms with Crippen molar-refractivity contribution in [3.63, 3.8) is 0 Å². The van der Waals surface area contributed by atoms with E-state index in [4.69, 9.17) is 10.8 Å². The summed E-state index contributed by atoms with van der Waals surface area (Å²) in [6, 6.07) is 10.6. The van der Waals surface area contributed by atoms with Crippen LogP contribution in [-0.4, -0.2) is 25.5 Å². The molecule has 0 saturated heterocycles. The molecule has 6 nitrogen and oxygen atoms in total. The number of benzene rings is 2. The van der Waals surface area contributed by atoms with Gasteiger partial charge in [-0.05, 0) is 48.7 Å². The Labute approximate surface area is 135 Å². The smallest absolute Gasteiger partial charge is 0.321 e. The molecule has 122 valence electrons. The number of anilines is 1. The number of carboxylic acid groups (broad SMARTS) is 1. The van der Waals surface area contributed by atoms with Gasteiger partial charge in [-0.1, -0.05) is 24.3 Å². The summed E-state index contributed by atoms with van der Waals surface area (Å²) in [7, 11) is -3.87. The molecule has 0 fully saturated rings. The lowest BCUT2D eigenvalue weighted by Gasteiger charge is -2.11. The number of carboxylic acids is 1. The van der Waals surface area contributed by atoms with Gasteiger partial charge in [0.1, 0.15) is 6.04 Å². The highest BCUT2D eigenvalue weighted by atomic mass is 32.2. The number of nitrogen functional groups attached to an aromatic ring is 1. The first-order valence-electron chi connectivity index (χ1n) is 6.92. The normalized spacial score (nSPS) is 12.8. The van der Waals surface area contributed by atoms with Crippen molar-refractivity contribution in [1.29, 1.82) is 0 Å². The SMILES string of the molecule is Cc1ccc(-c2ccc(S(=O)(=O)NC(C)C(=O)O)cc2)cc1N. The Balaban J connectivity index is 2.28. The lowest BCUT2D eigenvalue weighted by Crippen LogP contribution is -2.38. The van der Waals surface area contributed by atoms with Crippen LogP contribution < -0.4 is 10.5 Å². The molecule has 2 aromatic rings. The highest BCUT2D eigenvalue weighted by molar-refractivity contribution is 7.89. The zero-order valence-electron chi connectivity index (χ0n) is 12.8. The number of nitrogens with two attached hydrogens (primary N) is 1. The molecule has 0 spiro atoms. The molecule has 1 unspecified atom stereocenters. The number of rotatable bonds is 5. The first kappa shape index (κ1) is 17.0. The molecular weight excluding hydrogens is 316 g/mol. The van der Waals surface area contributed by atoms with Crippen molar-refractivity contribution in [1.82, 2.24) is 4.72 Å². The van der Waals surface area contributed by atoms with E-state index in [2.05, 4.69) is 4.72 Å². The van der Waals surface area contributed by atoms with Gasteiger partial charge in [0.25, 0.3) is 0 Å². The fraction of sp³-hybridized carbons (Fsp3) is 0.188. The van der Waals surface area contributed by atoms with Gasteiger partial charge in [0, 0.05) is 5.69 Å². The van der Waals surface area contributed by atoms with Crippen molar-refractivity contribution in [2.24, 2.45) is 0 Å². The van der Waals surface area contributed by atoms with E-state index in [-0.39, 0.29) is 4.90 Å². The van der Waals surface area contributed by atoms with Crippen molar-refractivity contribution in [3.05, 3.63) is 48.0 Å². The van der Waals surface area contributed by atoms with Crippen LogP contribution in [0.4, 0.5) is 5.69 Å². The molecule has 0 bridgehead atoms. The van der Waals surface area contributed by atoms with Crippen molar-refractivity contribution in [3.8, 4) is 11.1 Å². The predicted molar refractivity (Wildman–Crippen MR) is 88.4 cm³/mol. The zero-order chi connectivity index (χ0) is 17.2. The van der Waals surface area contributed by atoms with Gasteiger partial charge in [-0.3, -0.25) is 4.79 Å². The molecule has 0 amide bonds. The third-order valence-electron chi connectivity index (χ3n) is 3.48. The van der Waals surface area contributed by atoms with Crippen LogP contribution in [0.2, 0.25) is 0 Å². The molecule has 7 heteroatoms. The Morgan fingerprint density at radius 3 is 2.22 bits per heavy atom. The van der Waals surface area contributed by atoms with Crippen LogP contribution in [0.1, 0.15) is 12.5 Å². The van der Waals surface area contributed by atoms with Gasteiger partial charge < -0.3 is 10.8 Å². The van der Waals surface area contributed by atoms with Crippen molar-refractivity contribution < 1.29 is 18.3 Å². The van der Waals surface area contributed by atoms with Gasteiger partial charge >= 0.3 is 5.97 Å². The maximum Gasteiger partial charge on any atom is 0.321 e. The van der Waals surface area contributed by atoms with Gasteiger partial charge in [0.2, 0.25) is 10.0 Å². The summed E-state index contributed by atoms with van der Waals surface area (Å²) in [5.74, 6) is -1.24. The number of aliphatic carboxylic acids is 1. The average molecular weight is 334 g/mol. The topological polar surface area (TPSA) is 109 Å². The molecule has 0 aliphatic carbocycles. The predicted octanol–water partition coefficient (Wildman–Crippen LogP) is 2.00. The van der Waals surface area contributed by atoms with Crippen molar-refractivity contribution >= 4 is 21.7 Å². The maximum absolute atomic E-state index is 12.1. The minimum absolute atomic E-state index is 0.00873. The van der Waals surface area contributed by atoms with Gasteiger partial charge in [0.05, 0.1) is 4.90 Å². The molecule has 0 radical (unpaired) electrons. The van der Waals surface area contributed by atoms with E-state index in [1.54, 1.807) is 12.1 Å². The second-order valence-corrected chi connectivity index (χ2v) is 6.99. The molecule has 4 N–H and O–H groups in total. The number of hydrogen-bond acceptors (Lipinski definition) is 4. The largest absolute Gasteiger partial charge is 0.480 e. The van der Waals surface area contributed by atoms with E-state index < -0.39 is 22.0 Å². The zero-order valence-corrected chi connectivity index (χ0v) is 13.6. The minimum atomic E-state index is -3.87.